The summed E-state index contributed by atoms with van der Waals surface area (Å²) < 4.78 is 1.23. The minimum atomic E-state index is -0.645. The van der Waals surface area contributed by atoms with Gasteiger partial charge in [0.1, 0.15) is 11.9 Å². The maximum atomic E-state index is 12.0. The largest absolute Gasteiger partial charge is 0.805 e. The molecule has 1 aromatic carbocycles. The number of hydrogen-bond donors (Lipinski definition) is 1. The first-order chi connectivity index (χ1) is 8.02. The van der Waals surface area contributed by atoms with Gasteiger partial charge in [-0.15, -0.1) is 0 Å². The van der Waals surface area contributed by atoms with E-state index in [2.05, 4.69) is 0 Å². The van der Waals surface area contributed by atoms with Crippen molar-refractivity contribution in [3.8, 4) is 0 Å². The van der Waals surface area contributed by atoms with Crippen LogP contribution in [0.5, 0.6) is 0 Å². The highest BCUT2D eigenvalue weighted by molar-refractivity contribution is 5.77. The van der Waals surface area contributed by atoms with Crippen LogP contribution in [-0.4, -0.2) is 10.6 Å². The highest BCUT2D eigenvalue weighted by atomic mass is 16.5. The van der Waals surface area contributed by atoms with Gasteiger partial charge in [0.25, 0.3) is 11.2 Å². The smallest absolute Gasteiger partial charge is 0.286 e. The first-order valence-electron chi connectivity index (χ1n) is 5.04. The molecule has 6 heteroatoms. The number of primary amides is 1. The van der Waals surface area contributed by atoms with E-state index in [4.69, 9.17) is 5.73 Å². The van der Waals surface area contributed by atoms with Crippen LogP contribution in [0.2, 0.25) is 0 Å². The predicted octanol–water partition coefficient (Wildman–Crippen LogP) is 0.238. The fourth-order valence-electron chi connectivity index (χ4n) is 1.76. The van der Waals surface area contributed by atoms with Gasteiger partial charge in [0.15, 0.2) is 0 Å². The lowest BCUT2D eigenvalue weighted by atomic mass is 10.2. The average molecular weight is 233 g/mol. The van der Waals surface area contributed by atoms with Crippen molar-refractivity contribution in [1.29, 1.82) is 0 Å². The van der Waals surface area contributed by atoms with Crippen molar-refractivity contribution in [2.75, 3.05) is 0 Å². The van der Waals surface area contributed by atoms with Crippen LogP contribution in [0.4, 0.5) is 0 Å². The van der Waals surface area contributed by atoms with E-state index >= 15 is 0 Å². The van der Waals surface area contributed by atoms with Gasteiger partial charge in [0.05, 0.1) is 10.1 Å². The fraction of sp³-hybridized carbons (Fsp3) is 0.182. The summed E-state index contributed by atoms with van der Waals surface area (Å²) in [7, 11) is 0. The zero-order valence-electron chi connectivity index (χ0n) is 9.21. The summed E-state index contributed by atoms with van der Waals surface area (Å²) in [5.74, 6) is -0.645. The van der Waals surface area contributed by atoms with E-state index in [-0.39, 0.29) is 28.8 Å². The summed E-state index contributed by atoms with van der Waals surface area (Å²) in [5, 5.41) is 11.9. The van der Waals surface area contributed by atoms with Gasteiger partial charge in [-0.05, 0) is 13.0 Å². The Hall–Kier alpha value is -2.37. The number of rotatable bonds is 2. The lowest BCUT2D eigenvalue weighted by molar-refractivity contribution is -0.475. The molecule has 0 aliphatic rings. The molecule has 0 saturated carbocycles. The molecule has 2 N–H and O–H groups in total. The zero-order valence-corrected chi connectivity index (χ0v) is 9.21. The molecular weight excluding hydrogens is 222 g/mol. The molecule has 6 nitrogen and oxygen atoms in total. The number of carbonyl (C=O) groups excluding carboxylic acids is 1. The Morgan fingerprint density at radius 2 is 2.12 bits per heavy atom. The summed E-state index contributed by atoms with van der Waals surface area (Å²) in [5.41, 5.74) is 5.83. The Bertz CT molecular complexity index is 661. The van der Waals surface area contributed by atoms with Gasteiger partial charge in [0, 0.05) is 11.0 Å². The van der Waals surface area contributed by atoms with Crippen molar-refractivity contribution >= 4 is 16.9 Å². The second-order valence-electron chi connectivity index (χ2n) is 3.75. The third-order valence-corrected chi connectivity index (χ3v) is 2.63. The molecule has 17 heavy (non-hydrogen) atoms. The van der Waals surface area contributed by atoms with Crippen molar-refractivity contribution in [2.24, 2.45) is 5.73 Å². The van der Waals surface area contributed by atoms with E-state index < -0.39 is 5.91 Å². The van der Waals surface area contributed by atoms with Crippen molar-refractivity contribution in [1.82, 2.24) is 4.73 Å². The SMILES string of the molecule is Cc1c(CC(N)=O)[n+](=O)c2ccccc2n1[O-]. The monoisotopic (exact) mass is 233 g/mol. The highest BCUT2D eigenvalue weighted by Crippen LogP contribution is 2.13. The number of fused-ring (bicyclic) bond motifs is 1. The molecule has 1 heterocycles. The lowest BCUT2D eigenvalue weighted by Crippen LogP contribution is -2.30. The summed E-state index contributed by atoms with van der Waals surface area (Å²) >= 11 is 0. The first-order valence-corrected chi connectivity index (χ1v) is 5.04. The van der Waals surface area contributed by atoms with Gasteiger partial charge in [-0.3, -0.25) is 4.79 Å². The molecule has 1 amide bonds. The Labute approximate surface area is 96.5 Å². The summed E-state index contributed by atoms with van der Waals surface area (Å²) in [6.07, 6.45) is -0.248. The minimum absolute atomic E-state index is 0.0891. The molecule has 0 radical (unpaired) electrons. The fourth-order valence-corrected chi connectivity index (χ4v) is 1.76. The second-order valence-corrected chi connectivity index (χ2v) is 3.75. The summed E-state index contributed by atoms with van der Waals surface area (Å²) in [4.78, 5) is 22.9. The molecule has 0 aliphatic carbocycles. The maximum absolute atomic E-state index is 12.0. The van der Waals surface area contributed by atoms with Crippen LogP contribution in [0.25, 0.3) is 11.0 Å². The van der Waals surface area contributed by atoms with E-state index in [9.17, 15) is 14.9 Å². The zero-order chi connectivity index (χ0) is 12.6. The van der Waals surface area contributed by atoms with E-state index in [1.165, 1.54) is 13.0 Å². The molecule has 2 aromatic rings. The Morgan fingerprint density at radius 1 is 1.47 bits per heavy atom. The van der Waals surface area contributed by atoms with Crippen LogP contribution in [0.3, 0.4) is 0 Å². The maximum Gasteiger partial charge on any atom is 0.286 e. The standard InChI is InChI=1S/C11H11N3O3/c1-7-10(6-11(12)15)14(17)9-5-3-2-4-8(9)13(7)16/h2-5H,6H2,1H3,(H2,12,15). The normalized spacial score (nSPS) is 10.6. The van der Waals surface area contributed by atoms with Crippen LogP contribution in [0, 0.1) is 17.0 Å². The van der Waals surface area contributed by atoms with Crippen LogP contribution < -0.4 is 10.2 Å². The number of carbonyl (C=O) groups is 1. The molecule has 88 valence electrons. The number of nitrogens with zero attached hydrogens (tertiary/aromatic N) is 2. The van der Waals surface area contributed by atoms with Gasteiger partial charge in [-0.2, -0.15) is 0 Å². The summed E-state index contributed by atoms with van der Waals surface area (Å²) in [6.45, 7) is 1.49. The summed E-state index contributed by atoms with van der Waals surface area (Å²) in [6, 6.07) is 6.41. The van der Waals surface area contributed by atoms with Crippen molar-refractivity contribution < 1.29 is 9.22 Å². The average Bonchev–Trinajstić information content (AvgIpc) is 2.31. The van der Waals surface area contributed by atoms with Gasteiger partial charge in [-0.25, -0.2) is 0 Å². The Kier molecular flexibility index (Phi) is 2.55. The van der Waals surface area contributed by atoms with Crippen LogP contribution in [0.1, 0.15) is 11.4 Å². The first kappa shape index (κ1) is 11.1. The van der Waals surface area contributed by atoms with Crippen LogP contribution in [0.15, 0.2) is 24.3 Å². The van der Waals surface area contributed by atoms with E-state index in [0.29, 0.717) is 9.16 Å². The molecule has 0 unspecified atom stereocenters. The number of aromatic nitrogens is 2. The van der Waals surface area contributed by atoms with Crippen molar-refractivity contribution in [2.45, 2.75) is 13.3 Å². The number of benzene rings is 1. The van der Waals surface area contributed by atoms with Gasteiger partial charge < -0.3 is 15.7 Å². The van der Waals surface area contributed by atoms with Crippen molar-refractivity contribution in [3.63, 3.8) is 0 Å². The minimum Gasteiger partial charge on any atom is -0.805 e. The number of nitrogens with two attached hydrogens (primary N) is 1. The van der Waals surface area contributed by atoms with Crippen LogP contribution in [-0.2, 0) is 11.2 Å². The third kappa shape index (κ3) is 1.73. The Balaban J connectivity index is 2.86. The topological polar surface area (TPSA) is 94.1 Å². The van der Waals surface area contributed by atoms with Crippen molar-refractivity contribution in [3.05, 3.63) is 45.8 Å². The molecule has 0 saturated heterocycles. The molecule has 1 aromatic heterocycles. The molecule has 0 atom stereocenters. The molecule has 0 bridgehead atoms. The van der Waals surface area contributed by atoms with Gasteiger partial charge in [-0.1, -0.05) is 12.1 Å². The highest BCUT2D eigenvalue weighted by Gasteiger charge is 2.20. The predicted molar refractivity (Wildman–Crippen MR) is 61.7 cm³/mol. The molecule has 0 spiro atoms. The second kappa shape index (κ2) is 3.89. The van der Waals surface area contributed by atoms with E-state index in [1.807, 2.05) is 0 Å². The molecule has 0 aliphatic heterocycles. The molecular formula is C11H11N3O3. The molecule has 2 rings (SSSR count). The number of para-hydroxylation sites is 2. The van der Waals surface area contributed by atoms with Gasteiger partial charge in [0.2, 0.25) is 5.91 Å². The van der Waals surface area contributed by atoms with E-state index in [1.54, 1.807) is 18.2 Å². The van der Waals surface area contributed by atoms with Gasteiger partial charge >= 0.3 is 0 Å². The molecule has 0 fully saturated rings. The number of hydrogen-bond acceptors (Lipinski definition) is 3. The van der Waals surface area contributed by atoms with E-state index in [0.717, 1.165) is 0 Å². The Morgan fingerprint density at radius 3 is 2.76 bits per heavy atom. The van der Waals surface area contributed by atoms with Crippen LogP contribution >= 0.6 is 0 Å². The number of amides is 1. The third-order valence-electron chi connectivity index (χ3n) is 2.63. The lowest BCUT2D eigenvalue weighted by Gasteiger charge is -2.15. The quantitative estimate of drug-likeness (QED) is 0.752.